The van der Waals surface area contributed by atoms with E-state index in [1.807, 2.05) is 0 Å². The molecular formula is C21H27N2NaO7S. The first-order valence-electron chi connectivity index (χ1n) is 10.9. The molecular weight excluding hydrogens is 447 g/mol. The monoisotopic (exact) mass is 474 g/mol. The van der Waals surface area contributed by atoms with E-state index in [1.54, 1.807) is 6.92 Å². The van der Waals surface area contributed by atoms with E-state index in [2.05, 4.69) is 0 Å². The Kier molecular flexibility index (Phi) is 5.89. The third-order valence-corrected chi connectivity index (χ3v) is 11.4. The zero-order valence-corrected chi connectivity index (χ0v) is 21.6. The van der Waals surface area contributed by atoms with E-state index >= 15 is 0 Å². The van der Waals surface area contributed by atoms with Crippen molar-refractivity contribution in [1.82, 2.24) is 9.80 Å². The number of sulfone groups is 1. The van der Waals surface area contributed by atoms with Crippen LogP contribution in [0.15, 0.2) is 11.3 Å². The number of carboxylic acids is 1. The number of nitrogens with zero attached hydrogens (tertiary/aromatic N) is 2. The number of methoxy groups -OCH3 is 1. The molecule has 9 nitrogen and oxygen atoms in total. The number of carbonyl (C=O) groups is 3. The molecule has 4 fully saturated rings. The van der Waals surface area contributed by atoms with Crippen LogP contribution < -0.4 is 34.7 Å². The third-order valence-electron chi connectivity index (χ3n) is 8.45. The van der Waals surface area contributed by atoms with Gasteiger partial charge < -0.3 is 19.5 Å². The van der Waals surface area contributed by atoms with Crippen LogP contribution in [0.2, 0.25) is 0 Å². The van der Waals surface area contributed by atoms with Crippen molar-refractivity contribution in [2.24, 2.45) is 11.3 Å². The number of aliphatic carboxylic acids is 1. The Labute approximate surface area is 209 Å². The average molecular weight is 475 g/mol. The molecule has 3 atom stereocenters. The number of ether oxygens (including phenoxy) is 1. The summed E-state index contributed by atoms with van der Waals surface area (Å²) in [4.78, 5) is 40.2. The molecule has 5 aliphatic rings. The molecule has 2 aliphatic carbocycles. The maximum Gasteiger partial charge on any atom is 1.00 e. The fourth-order valence-corrected chi connectivity index (χ4v) is 9.97. The van der Waals surface area contributed by atoms with Crippen molar-refractivity contribution < 1.29 is 62.2 Å². The zero-order valence-electron chi connectivity index (χ0n) is 18.8. The predicted molar refractivity (Wildman–Crippen MR) is 106 cm³/mol. The summed E-state index contributed by atoms with van der Waals surface area (Å²) in [7, 11) is -2.46. The molecule has 0 aromatic rings. The number of piperidine rings is 1. The van der Waals surface area contributed by atoms with Crippen LogP contribution in [0.5, 0.6) is 0 Å². The van der Waals surface area contributed by atoms with Crippen LogP contribution in [0.1, 0.15) is 51.9 Å². The minimum atomic E-state index is -3.78. The van der Waals surface area contributed by atoms with Gasteiger partial charge in [0.25, 0.3) is 11.8 Å². The quantitative estimate of drug-likeness (QED) is 0.308. The number of rotatable bonds is 3. The first-order chi connectivity index (χ1) is 14.6. The Morgan fingerprint density at radius 2 is 1.75 bits per heavy atom. The second-order valence-electron chi connectivity index (χ2n) is 9.65. The Morgan fingerprint density at radius 1 is 1.16 bits per heavy atom. The fourth-order valence-electron chi connectivity index (χ4n) is 6.71. The topological polar surface area (TPSA) is 124 Å². The van der Waals surface area contributed by atoms with E-state index in [0.29, 0.717) is 12.0 Å². The van der Waals surface area contributed by atoms with E-state index in [0.717, 1.165) is 30.6 Å². The molecule has 170 valence electrons. The van der Waals surface area contributed by atoms with Gasteiger partial charge in [-0.1, -0.05) is 12.8 Å². The van der Waals surface area contributed by atoms with Gasteiger partial charge in [-0.25, -0.2) is 8.42 Å². The first-order valence-corrected chi connectivity index (χ1v) is 12.5. The summed E-state index contributed by atoms with van der Waals surface area (Å²) in [5, 5.41) is 9.98. The number of likely N-dealkylation sites (tertiary alicyclic amines) is 1. The van der Waals surface area contributed by atoms with Gasteiger partial charge >= 0.3 is 29.6 Å². The number of fused-ring (bicyclic) bond motifs is 2. The predicted octanol–water partition coefficient (Wildman–Crippen LogP) is -3.43. The van der Waals surface area contributed by atoms with Crippen molar-refractivity contribution in [3.63, 3.8) is 0 Å². The van der Waals surface area contributed by atoms with E-state index in [1.165, 1.54) is 12.0 Å². The molecule has 2 unspecified atom stereocenters. The van der Waals surface area contributed by atoms with Crippen LogP contribution in [0.3, 0.4) is 0 Å². The van der Waals surface area contributed by atoms with Crippen molar-refractivity contribution in [3.8, 4) is 0 Å². The summed E-state index contributed by atoms with van der Waals surface area (Å²) >= 11 is 0. The summed E-state index contributed by atoms with van der Waals surface area (Å²) in [6.07, 6.45) is 3.50. The number of hydrogen-bond acceptors (Lipinski definition) is 7. The first kappa shape index (κ1) is 24.2. The fraction of sp³-hybridized carbons (Fsp3) is 0.762. The minimum Gasteiger partial charge on any atom is -0.550 e. The molecule has 0 aromatic heterocycles. The normalized spacial score (nSPS) is 34.9. The summed E-state index contributed by atoms with van der Waals surface area (Å²) < 4.78 is 31.7. The van der Waals surface area contributed by atoms with Gasteiger partial charge in [-0.2, -0.15) is 0 Å². The molecule has 2 amide bonds. The molecule has 0 aromatic carbocycles. The van der Waals surface area contributed by atoms with E-state index in [-0.39, 0.29) is 66.6 Å². The molecule has 0 N–H and O–H groups in total. The molecule has 2 saturated heterocycles. The SMILES string of the molecule is CO[C@H]1C(=O)N2C(C(=O)N3CCC(C(=O)[O-])CC3)=C(C)C3(CC34CCCC4)S(=O)(=O)C12.[Na+]. The Bertz CT molecular complexity index is 1010. The van der Waals surface area contributed by atoms with Crippen LogP contribution >= 0.6 is 0 Å². The summed E-state index contributed by atoms with van der Waals surface area (Å²) in [6, 6.07) is 0. The van der Waals surface area contributed by atoms with Crippen LogP contribution in [0.4, 0.5) is 0 Å². The second kappa shape index (κ2) is 7.80. The van der Waals surface area contributed by atoms with Gasteiger partial charge in [-0.15, -0.1) is 0 Å². The molecule has 0 bridgehead atoms. The van der Waals surface area contributed by atoms with Gasteiger partial charge in [0.2, 0.25) is 0 Å². The number of β-lactam (4-membered cyclic amide) rings is 1. The molecule has 3 heterocycles. The van der Waals surface area contributed by atoms with Crippen molar-refractivity contribution >= 4 is 27.6 Å². The van der Waals surface area contributed by atoms with Crippen molar-refractivity contribution in [2.45, 2.75) is 68.1 Å². The Morgan fingerprint density at radius 3 is 2.28 bits per heavy atom. The van der Waals surface area contributed by atoms with E-state index < -0.39 is 49.8 Å². The molecule has 2 spiro atoms. The minimum absolute atomic E-state index is 0. The largest absolute Gasteiger partial charge is 1.00 e. The molecule has 0 radical (unpaired) electrons. The number of carbonyl (C=O) groups excluding carboxylic acids is 3. The summed E-state index contributed by atoms with van der Waals surface area (Å²) in [6.45, 7) is 2.16. The van der Waals surface area contributed by atoms with Gasteiger partial charge in [-0.3, -0.25) is 14.5 Å². The number of carboxylic acid groups (broad SMARTS) is 1. The van der Waals surface area contributed by atoms with Gasteiger partial charge in [0.15, 0.2) is 21.3 Å². The van der Waals surface area contributed by atoms with Gasteiger partial charge in [0.05, 0.1) is 0 Å². The van der Waals surface area contributed by atoms with Gasteiger partial charge in [-0.05, 0) is 50.0 Å². The van der Waals surface area contributed by atoms with Crippen LogP contribution in [-0.2, 0) is 29.0 Å². The number of amides is 2. The maximum atomic E-state index is 13.8. The Balaban J connectivity index is 0.00000245. The van der Waals surface area contributed by atoms with Crippen molar-refractivity contribution in [2.75, 3.05) is 20.2 Å². The standard InChI is InChI=1S/C21H28N2O7S.Na/c1-12-14(16(24)22-9-5-13(6-10-22)19(26)27)23-17(25)15(30-2)18(23)31(28,29)21(12)11-20(21)7-3-4-8-20;/h13,15,18H,3-11H2,1-2H3,(H,26,27);/q;+1/p-1/t15-,18?,21?;/m0./s1. The molecule has 11 heteroatoms. The van der Waals surface area contributed by atoms with Crippen LogP contribution in [0.25, 0.3) is 0 Å². The van der Waals surface area contributed by atoms with Crippen LogP contribution in [-0.4, -0.2) is 72.4 Å². The molecule has 2 saturated carbocycles. The zero-order chi connectivity index (χ0) is 22.3. The van der Waals surface area contributed by atoms with Gasteiger partial charge in [0, 0.05) is 32.1 Å². The summed E-state index contributed by atoms with van der Waals surface area (Å²) in [5.41, 5.74) is 0.279. The molecule has 5 rings (SSSR count). The average Bonchev–Trinajstić information content (AvgIpc) is 3.16. The van der Waals surface area contributed by atoms with E-state index in [9.17, 15) is 27.9 Å². The Hall–Kier alpha value is -0.940. The van der Waals surface area contributed by atoms with Gasteiger partial charge in [0.1, 0.15) is 10.4 Å². The van der Waals surface area contributed by atoms with E-state index in [4.69, 9.17) is 4.74 Å². The van der Waals surface area contributed by atoms with Crippen molar-refractivity contribution in [1.29, 1.82) is 0 Å². The number of hydrogen-bond donors (Lipinski definition) is 0. The molecule has 32 heavy (non-hydrogen) atoms. The van der Waals surface area contributed by atoms with Crippen LogP contribution in [0, 0.1) is 11.3 Å². The third kappa shape index (κ3) is 2.82. The maximum absolute atomic E-state index is 13.8. The summed E-state index contributed by atoms with van der Waals surface area (Å²) in [5.74, 6) is -2.62. The second-order valence-corrected chi connectivity index (χ2v) is 11.9. The smallest absolute Gasteiger partial charge is 0.550 e. The molecule has 3 aliphatic heterocycles. The van der Waals surface area contributed by atoms with Crippen molar-refractivity contribution in [3.05, 3.63) is 11.3 Å².